The average molecular weight is 339 g/mol. The highest BCUT2D eigenvalue weighted by Crippen LogP contribution is 2.23. The number of anilines is 1. The zero-order valence-electron chi connectivity index (χ0n) is 14.6. The van der Waals surface area contributed by atoms with Crippen LogP contribution in [0.3, 0.4) is 0 Å². The monoisotopic (exact) mass is 339 g/mol. The Morgan fingerprint density at radius 2 is 2.12 bits per heavy atom. The molecule has 1 unspecified atom stereocenters. The lowest BCUT2D eigenvalue weighted by molar-refractivity contribution is 0.0676. The predicted octanol–water partition coefficient (Wildman–Crippen LogP) is 3.48. The quantitative estimate of drug-likeness (QED) is 0.624. The maximum atomic E-state index is 6.00. The van der Waals surface area contributed by atoms with Gasteiger partial charge in [-0.05, 0) is 43.5 Å². The maximum absolute atomic E-state index is 6.00. The van der Waals surface area contributed by atoms with Crippen LogP contribution in [0.1, 0.15) is 24.0 Å². The Bertz CT molecular complexity index is 710. The average Bonchev–Trinajstić information content (AvgIpc) is 3.13. The lowest BCUT2D eigenvalue weighted by Gasteiger charge is -2.15. The summed E-state index contributed by atoms with van der Waals surface area (Å²) in [6, 6.07) is 15.9. The number of nitrogens with one attached hydrogen (secondary N) is 1. The van der Waals surface area contributed by atoms with E-state index in [1.807, 2.05) is 42.5 Å². The van der Waals surface area contributed by atoms with E-state index in [1.165, 1.54) is 0 Å². The highest BCUT2D eigenvalue weighted by atomic mass is 16.5. The number of nitrogens with two attached hydrogens (primary N) is 1. The first-order valence-electron chi connectivity index (χ1n) is 8.66. The van der Waals surface area contributed by atoms with Crippen molar-refractivity contribution in [1.29, 1.82) is 0 Å². The second kappa shape index (κ2) is 8.53. The summed E-state index contributed by atoms with van der Waals surface area (Å²) in [4.78, 5) is 4.43. The number of para-hydroxylation sites is 1. The fraction of sp³-hybridized carbons (Fsp3) is 0.350. The van der Waals surface area contributed by atoms with Gasteiger partial charge < -0.3 is 20.5 Å². The first-order chi connectivity index (χ1) is 12.2. The summed E-state index contributed by atoms with van der Waals surface area (Å²) in [6.07, 6.45) is 2.37. The minimum Gasteiger partial charge on any atom is -0.491 e. The molecular formula is C20H25N3O2. The predicted molar refractivity (Wildman–Crippen MR) is 101 cm³/mol. The standard InChI is InChI=1S/C20H25N3O2/c1-15-9-10-16(19(12-15)25-14-18-8-5-11-24-18)13-22-20(21)23-17-6-3-2-4-7-17/h2-4,6-7,9-10,12,18H,5,8,11,13-14H2,1H3,(H3,21,22,23). The summed E-state index contributed by atoms with van der Waals surface area (Å²) in [5.41, 5.74) is 9.08. The third-order valence-corrected chi connectivity index (χ3v) is 4.14. The molecule has 0 radical (unpaired) electrons. The number of nitrogens with zero attached hydrogens (tertiary/aromatic N) is 1. The summed E-state index contributed by atoms with van der Waals surface area (Å²) in [7, 11) is 0. The first kappa shape index (κ1) is 17.3. The highest BCUT2D eigenvalue weighted by molar-refractivity contribution is 5.92. The molecule has 0 aromatic heterocycles. The molecule has 132 valence electrons. The number of aryl methyl sites for hydroxylation is 1. The van der Waals surface area contributed by atoms with Gasteiger partial charge in [0.15, 0.2) is 5.96 Å². The molecule has 0 spiro atoms. The van der Waals surface area contributed by atoms with Crippen molar-refractivity contribution in [3.63, 3.8) is 0 Å². The van der Waals surface area contributed by atoms with Crippen molar-refractivity contribution in [2.24, 2.45) is 10.7 Å². The summed E-state index contributed by atoms with van der Waals surface area (Å²) >= 11 is 0. The minimum absolute atomic E-state index is 0.196. The van der Waals surface area contributed by atoms with Crippen LogP contribution in [-0.2, 0) is 11.3 Å². The number of ether oxygens (including phenoxy) is 2. The highest BCUT2D eigenvalue weighted by Gasteiger charge is 2.16. The molecule has 5 nitrogen and oxygen atoms in total. The number of hydrogen-bond acceptors (Lipinski definition) is 3. The number of rotatable bonds is 6. The smallest absolute Gasteiger partial charge is 0.193 e. The molecule has 3 N–H and O–H groups in total. The van der Waals surface area contributed by atoms with Crippen molar-refractivity contribution >= 4 is 11.6 Å². The summed E-state index contributed by atoms with van der Waals surface area (Å²) in [5.74, 6) is 1.24. The van der Waals surface area contributed by atoms with Gasteiger partial charge in [-0.25, -0.2) is 4.99 Å². The Kier molecular flexibility index (Phi) is 5.90. The van der Waals surface area contributed by atoms with Crippen LogP contribution in [0.4, 0.5) is 5.69 Å². The molecule has 2 aromatic carbocycles. The lowest BCUT2D eigenvalue weighted by Crippen LogP contribution is -2.22. The SMILES string of the molecule is Cc1ccc(CN=C(N)Nc2ccccc2)c(OCC2CCCO2)c1. The van der Waals surface area contributed by atoms with E-state index < -0.39 is 0 Å². The van der Waals surface area contributed by atoms with Crippen LogP contribution in [-0.4, -0.2) is 25.3 Å². The Hall–Kier alpha value is -2.53. The van der Waals surface area contributed by atoms with E-state index in [4.69, 9.17) is 15.2 Å². The molecule has 5 heteroatoms. The second-order valence-electron chi connectivity index (χ2n) is 6.25. The molecule has 1 atom stereocenters. The summed E-state index contributed by atoms with van der Waals surface area (Å²) in [6.45, 7) is 3.93. The summed E-state index contributed by atoms with van der Waals surface area (Å²) < 4.78 is 11.6. The Morgan fingerprint density at radius 3 is 2.88 bits per heavy atom. The number of benzene rings is 2. The fourth-order valence-corrected chi connectivity index (χ4v) is 2.76. The Balaban J connectivity index is 1.63. The Morgan fingerprint density at radius 1 is 1.28 bits per heavy atom. The van der Waals surface area contributed by atoms with Crippen molar-refractivity contribution in [2.45, 2.75) is 32.4 Å². The van der Waals surface area contributed by atoms with Crippen LogP contribution in [0, 0.1) is 6.92 Å². The third-order valence-electron chi connectivity index (χ3n) is 4.14. The van der Waals surface area contributed by atoms with E-state index in [-0.39, 0.29) is 6.10 Å². The molecule has 3 rings (SSSR count). The molecule has 0 bridgehead atoms. The van der Waals surface area contributed by atoms with Crippen molar-refractivity contribution in [3.8, 4) is 5.75 Å². The van der Waals surface area contributed by atoms with Gasteiger partial charge in [-0.2, -0.15) is 0 Å². The molecule has 0 saturated carbocycles. The molecule has 1 aliphatic rings. The fourth-order valence-electron chi connectivity index (χ4n) is 2.76. The number of aliphatic imine (C=N–C) groups is 1. The molecule has 2 aromatic rings. The molecule has 1 saturated heterocycles. The van der Waals surface area contributed by atoms with Gasteiger partial charge in [-0.15, -0.1) is 0 Å². The van der Waals surface area contributed by atoms with Gasteiger partial charge in [-0.1, -0.05) is 30.3 Å². The van der Waals surface area contributed by atoms with Gasteiger partial charge in [0.2, 0.25) is 0 Å². The van der Waals surface area contributed by atoms with Crippen LogP contribution >= 0.6 is 0 Å². The van der Waals surface area contributed by atoms with E-state index in [9.17, 15) is 0 Å². The molecule has 1 heterocycles. The molecular weight excluding hydrogens is 314 g/mol. The van der Waals surface area contributed by atoms with E-state index >= 15 is 0 Å². The van der Waals surface area contributed by atoms with E-state index in [0.717, 1.165) is 42.0 Å². The summed E-state index contributed by atoms with van der Waals surface area (Å²) in [5, 5.41) is 3.09. The molecule has 25 heavy (non-hydrogen) atoms. The van der Waals surface area contributed by atoms with Crippen molar-refractivity contribution in [1.82, 2.24) is 0 Å². The van der Waals surface area contributed by atoms with Gasteiger partial charge in [0.05, 0.1) is 12.6 Å². The largest absolute Gasteiger partial charge is 0.491 e. The minimum atomic E-state index is 0.196. The van der Waals surface area contributed by atoms with Crippen molar-refractivity contribution in [2.75, 3.05) is 18.5 Å². The van der Waals surface area contributed by atoms with Gasteiger partial charge in [-0.3, -0.25) is 0 Å². The molecule has 0 amide bonds. The zero-order valence-corrected chi connectivity index (χ0v) is 14.6. The van der Waals surface area contributed by atoms with Crippen LogP contribution < -0.4 is 15.8 Å². The second-order valence-corrected chi connectivity index (χ2v) is 6.25. The molecule has 1 aliphatic heterocycles. The lowest BCUT2D eigenvalue weighted by atomic mass is 10.1. The van der Waals surface area contributed by atoms with Crippen molar-refractivity contribution in [3.05, 3.63) is 59.7 Å². The van der Waals surface area contributed by atoms with Gasteiger partial charge in [0.1, 0.15) is 12.4 Å². The van der Waals surface area contributed by atoms with Crippen LogP contribution in [0.5, 0.6) is 5.75 Å². The van der Waals surface area contributed by atoms with Gasteiger partial charge in [0, 0.05) is 17.9 Å². The van der Waals surface area contributed by atoms with Crippen LogP contribution in [0.25, 0.3) is 0 Å². The van der Waals surface area contributed by atoms with E-state index in [1.54, 1.807) is 0 Å². The van der Waals surface area contributed by atoms with E-state index in [0.29, 0.717) is 19.1 Å². The number of guanidine groups is 1. The maximum Gasteiger partial charge on any atom is 0.193 e. The van der Waals surface area contributed by atoms with Gasteiger partial charge >= 0.3 is 0 Å². The Labute approximate surface area is 148 Å². The van der Waals surface area contributed by atoms with Crippen LogP contribution in [0.15, 0.2) is 53.5 Å². The molecule has 1 fully saturated rings. The van der Waals surface area contributed by atoms with Gasteiger partial charge in [0.25, 0.3) is 0 Å². The first-order valence-corrected chi connectivity index (χ1v) is 8.66. The van der Waals surface area contributed by atoms with Crippen LogP contribution in [0.2, 0.25) is 0 Å². The third kappa shape index (κ3) is 5.22. The normalized spacial score (nSPS) is 17.5. The number of hydrogen-bond donors (Lipinski definition) is 2. The molecule has 0 aliphatic carbocycles. The van der Waals surface area contributed by atoms with E-state index in [2.05, 4.69) is 23.3 Å². The zero-order chi connectivity index (χ0) is 17.5. The van der Waals surface area contributed by atoms with Crippen molar-refractivity contribution < 1.29 is 9.47 Å². The topological polar surface area (TPSA) is 68.9 Å².